The lowest BCUT2D eigenvalue weighted by molar-refractivity contribution is 0.0600. The third-order valence-electron chi connectivity index (χ3n) is 2.52. The summed E-state index contributed by atoms with van der Waals surface area (Å²) in [5.74, 6) is -2.34. The normalized spacial score (nSPS) is 11.9. The standard InChI is InChI=1S/C10H12O10P2/c1-19-9(11)5-3-6(10(12)20-2)8(22(16,17)18)7(4-5)21(13,14)15/h3-4H,1-2H3,(H2,13,14,15)(H2,16,17,18). The number of esters is 2. The second kappa shape index (κ2) is 6.29. The van der Waals surface area contributed by atoms with Gasteiger partial charge >= 0.3 is 27.1 Å². The highest BCUT2D eigenvalue weighted by atomic mass is 31.2. The first-order chi connectivity index (χ1) is 9.93. The van der Waals surface area contributed by atoms with Gasteiger partial charge in [-0.05, 0) is 12.1 Å². The van der Waals surface area contributed by atoms with Crippen molar-refractivity contribution in [2.24, 2.45) is 0 Å². The molecule has 0 bridgehead atoms. The van der Waals surface area contributed by atoms with Crippen LogP contribution < -0.4 is 10.6 Å². The Labute approximate surface area is 124 Å². The second-order valence-electron chi connectivity index (χ2n) is 3.96. The van der Waals surface area contributed by atoms with E-state index < -0.39 is 48.9 Å². The number of rotatable bonds is 4. The van der Waals surface area contributed by atoms with Crippen molar-refractivity contribution in [3.05, 3.63) is 23.3 Å². The first-order valence-corrected chi connectivity index (χ1v) is 8.62. The molecule has 0 fully saturated rings. The van der Waals surface area contributed by atoms with Crippen LogP contribution in [-0.4, -0.2) is 45.7 Å². The maximum absolute atomic E-state index is 11.7. The van der Waals surface area contributed by atoms with Crippen LogP contribution in [0.15, 0.2) is 12.1 Å². The third-order valence-corrected chi connectivity index (χ3v) is 4.74. The van der Waals surface area contributed by atoms with Gasteiger partial charge < -0.3 is 29.0 Å². The Balaban J connectivity index is 3.94. The SMILES string of the molecule is COC(=O)c1cc(C(=O)OC)c(P(=O)(O)O)c(P(=O)(O)O)c1. The van der Waals surface area contributed by atoms with E-state index in [9.17, 15) is 38.3 Å². The van der Waals surface area contributed by atoms with Gasteiger partial charge in [-0.15, -0.1) is 0 Å². The minimum Gasteiger partial charge on any atom is -0.465 e. The molecule has 122 valence electrons. The van der Waals surface area contributed by atoms with Crippen molar-refractivity contribution in [2.75, 3.05) is 14.2 Å². The second-order valence-corrected chi connectivity index (χ2v) is 7.07. The predicted octanol–water partition coefficient (Wildman–Crippen LogP) is -1.13. The summed E-state index contributed by atoms with van der Waals surface area (Å²) in [5.41, 5.74) is -1.31. The zero-order chi connectivity index (χ0) is 17.3. The van der Waals surface area contributed by atoms with Gasteiger partial charge in [-0.3, -0.25) is 9.13 Å². The summed E-state index contributed by atoms with van der Waals surface area (Å²) in [6, 6.07) is 1.29. The summed E-state index contributed by atoms with van der Waals surface area (Å²) < 4.78 is 31.7. The highest BCUT2D eigenvalue weighted by Crippen LogP contribution is 2.41. The lowest BCUT2D eigenvalue weighted by atomic mass is 10.1. The summed E-state index contributed by atoms with van der Waals surface area (Å²) in [6.07, 6.45) is 0. The molecule has 0 aliphatic carbocycles. The monoisotopic (exact) mass is 354 g/mol. The molecule has 0 saturated carbocycles. The summed E-state index contributed by atoms with van der Waals surface area (Å²) in [7, 11) is -8.60. The maximum atomic E-state index is 11.7. The molecule has 0 aliphatic heterocycles. The zero-order valence-electron chi connectivity index (χ0n) is 11.3. The molecule has 12 heteroatoms. The first kappa shape index (κ1) is 18.5. The minimum atomic E-state index is -5.26. The first-order valence-electron chi connectivity index (χ1n) is 5.40. The summed E-state index contributed by atoms with van der Waals surface area (Å²) in [5, 5.41) is -2.34. The zero-order valence-corrected chi connectivity index (χ0v) is 13.1. The topological polar surface area (TPSA) is 168 Å². The van der Waals surface area contributed by atoms with E-state index in [0.717, 1.165) is 20.3 Å². The number of methoxy groups -OCH3 is 2. The third kappa shape index (κ3) is 3.80. The van der Waals surface area contributed by atoms with Crippen molar-refractivity contribution < 1.29 is 47.8 Å². The van der Waals surface area contributed by atoms with Gasteiger partial charge in [0.05, 0.1) is 36.0 Å². The van der Waals surface area contributed by atoms with Gasteiger partial charge in [-0.25, -0.2) is 9.59 Å². The molecule has 0 aromatic heterocycles. The van der Waals surface area contributed by atoms with Gasteiger partial charge in [-0.2, -0.15) is 0 Å². The van der Waals surface area contributed by atoms with Crippen LogP contribution in [0.2, 0.25) is 0 Å². The maximum Gasteiger partial charge on any atom is 0.358 e. The Kier molecular flexibility index (Phi) is 5.30. The van der Waals surface area contributed by atoms with Crippen LogP contribution in [-0.2, 0) is 18.6 Å². The van der Waals surface area contributed by atoms with Crippen LogP contribution in [0.5, 0.6) is 0 Å². The van der Waals surface area contributed by atoms with Gasteiger partial charge in [0, 0.05) is 0 Å². The van der Waals surface area contributed by atoms with Crippen LogP contribution in [0.4, 0.5) is 0 Å². The van der Waals surface area contributed by atoms with Crippen molar-refractivity contribution in [2.45, 2.75) is 0 Å². The Bertz CT molecular complexity index is 713. The summed E-state index contributed by atoms with van der Waals surface area (Å²) in [6.45, 7) is 0. The van der Waals surface area contributed by atoms with E-state index in [1.807, 2.05) is 0 Å². The fourth-order valence-corrected chi connectivity index (χ4v) is 3.97. The molecule has 0 unspecified atom stereocenters. The number of carbonyl (C=O) groups excluding carboxylic acids is 2. The van der Waals surface area contributed by atoms with Crippen molar-refractivity contribution in [1.82, 2.24) is 0 Å². The van der Waals surface area contributed by atoms with E-state index in [0.29, 0.717) is 6.07 Å². The van der Waals surface area contributed by atoms with Gasteiger partial charge in [-0.1, -0.05) is 0 Å². The Morgan fingerprint density at radius 2 is 1.41 bits per heavy atom. The van der Waals surface area contributed by atoms with E-state index in [4.69, 9.17) is 0 Å². The van der Waals surface area contributed by atoms with Crippen molar-refractivity contribution in [3.8, 4) is 0 Å². The molecular formula is C10H12O10P2. The molecule has 0 saturated heterocycles. The Morgan fingerprint density at radius 3 is 1.77 bits per heavy atom. The van der Waals surface area contributed by atoms with E-state index >= 15 is 0 Å². The summed E-state index contributed by atoms with van der Waals surface area (Å²) in [4.78, 5) is 60.2. The molecule has 0 amide bonds. The van der Waals surface area contributed by atoms with E-state index in [1.54, 1.807) is 0 Å². The van der Waals surface area contributed by atoms with Crippen molar-refractivity contribution in [1.29, 1.82) is 0 Å². The van der Waals surface area contributed by atoms with E-state index in [1.165, 1.54) is 0 Å². The highest BCUT2D eigenvalue weighted by molar-refractivity contribution is 7.67. The Hall–Kier alpha value is -1.54. The van der Waals surface area contributed by atoms with Gasteiger partial charge in [0.2, 0.25) is 0 Å². The molecule has 0 atom stereocenters. The lowest BCUT2D eigenvalue weighted by Crippen LogP contribution is -2.32. The van der Waals surface area contributed by atoms with Crippen LogP contribution in [0.1, 0.15) is 20.7 Å². The molecule has 0 heterocycles. The number of hydrogen-bond donors (Lipinski definition) is 4. The molecule has 1 rings (SSSR count). The van der Waals surface area contributed by atoms with Gasteiger partial charge in [0.25, 0.3) is 0 Å². The van der Waals surface area contributed by atoms with Crippen LogP contribution in [0.25, 0.3) is 0 Å². The molecule has 1 aromatic carbocycles. The fourth-order valence-electron chi connectivity index (χ4n) is 1.65. The average molecular weight is 354 g/mol. The molecule has 0 radical (unpaired) electrons. The molecule has 4 N–H and O–H groups in total. The van der Waals surface area contributed by atoms with Crippen LogP contribution in [0.3, 0.4) is 0 Å². The number of benzene rings is 1. The van der Waals surface area contributed by atoms with Gasteiger partial charge in [0.15, 0.2) is 0 Å². The molecule has 22 heavy (non-hydrogen) atoms. The molecule has 0 spiro atoms. The predicted molar refractivity (Wildman–Crippen MR) is 72.5 cm³/mol. The summed E-state index contributed by atoms with van der Waals surface area (Å²) >= 11 is 0. The van der Waals surface area contributed by atoms with Crippen LogP contribution in [0, 0.1) is 0 Å². The van der Waals surface area contributed by atoms with Crippen LogP contribution >= 0.6 is 15.2 Å². The quantitative estimate of drug-likeness (QED) is 0.383. The molecule has 1 aromatic rings. The number of ether oxygens (including phenoxy) is 2. The molecule has 10 nitrogen and oxygen atoms in total. The average Bonchev–Trinajstić information content (AvgIpc) is 2.42. The minimum absolute atomic E-state index is 0.474. The smallest absolute Gasteiger partial charge is 0.358 e. The van der Waals surface area contributed by atoms with E-state index in [2.05, 4.69) is 9.47 Å². The highest BCUT2D eigenvalue weighted by Gasteiger charge is 2.37. The van der Waals surface area contributed by atoms with Gasteiger partial charge in [0.1, 0.15) is 0 Å². The largest absolute Gasteiger partial charge is 0.465 e. The number of carbonyl (C=O) groups is 2. The van der Waals surface area contributed by atoms with Crippen molar-refractivity contribution >= 4 is 37.7 Å². The van der Waals surface area contributed by atoms with E-state index in [-0.39, 0.29) is 0 Å². The Morgan fingerprint density at radius 1 is 0.909 bits per heavy atom. The lowest BCUT2D eigenvalue weighted by Gasteiger charge is -2.17. The fraction of sp³-hybridized carbons (Fsp3) is 0.200. The number of hydrogen-bond acceptors (Lipinski definition) is 6. The van der Waals surface area contributed by atoms with Crippen molar-refractivity contribution in [3.63, 3.8) is 0 Å². The molecule has 0 aliphatic rings. The molecular weight excluding hydrogens is 342 g/mol.